The predicted molar refractivity (Wildman–Crippen MR) is 109 cm³/mol. The van der Waals surface area contributed by atoms with Crippen LogP contribution in [0.1, 0.15) is 0 Å². The number of benzene rings is 2. The van der Waals surface area contributed by atoms with Gasteiger partial charge >= 0.3 is 0 Å². The number of nitrogens with one attached hydrogen (secondary N) is 2. The second kappa shape index (κ2) is 10.2. The summed E-state index contributed by atoms with van der Waals surface area (Å²) < 4.78 is 5.50. The molecule has 0 bridgehead atoms. The lowest BCUT2D eigenvalue weighted by molar-refractivity contribution is 0.363. The van der Waals surface area contributed by atoms with Gasteiger partial charge in [0.1, 0.15) is 12.4 Å². The van der Waals surface area contributed by atoms with E-state index in [4.69, 9.17) is 28.6 Å². The first-order valence-corrected chi connectivity index (χ1v) is 9.21. The van der Waals surface area contributed by atoms with Crippen LogP contribution in [0, 0.1) is 0 Å². The van der Waals surface area contributed by atoms with Crippen molar-refractivity contribution in [3.05, 3.63) is 66.2 Å². The van der Waals surface area contributed by atoms with Gasteiger partial charge in [-0.05, 0) is 48.6 Å². The van der Waals surface area contributed by atoms with E-state index in [0.29, 0.717) is 11.7 Å². The Morgan fingerprint density at radius 2 is 2.04 bits per heavy atom. The van der Waals surface area contributed by atoms with Crippen LogP contribution in [-0.2, 0) is 0 Å². The maximum absolute atomic E-state index is 5.87. The van der Waals surface area contributed by atoms with Crippen molar-refractivity contribution in [3.63, 3.8) is 0 Å². The second-order valence-electron chi connectivity index (χ2n) is 4.81. The van der Waals surface area contributed by atoms with Gasteiger partial charge in [0.25, 0.3) is 0 Å². The summed E-state index contributed by atoms with van der Waals surface area (Å²) in [6.45, 7) is 4.88. The Kier molecular flexibility index (Phi) is 7.95. The normalized spacial score (nSPS) is 10.0. The van der Waals surface area contributed by atoms with E-state index in [1.54, 1.807) is 17.8 Å². The minimum atomic E-state index is 0.480. The number of hydrogen-bond donors (Lipinski definition) is 2. The Bertz CT molecular complexity index is 677. The van der Waals surface area contributed by atoms with Crippen LogP contribution in [0.15, 0.2) is 66.1 Å². The molecule has 0 aliphatic carbocycles. The highest BCUT2D eigenvalue weighted by molar-refractivity contribution is 7.99. The van der Waals surface area contributed by atoms with Gasteiger partial charge in [-0.1, -0.05) is 30.3 Å². The number of thioether (sulfide) groups is 1. The molecule has 6 heteroatoms. The lowest BCUT2D eigenvalue weighted by atomic mass is 10.3. The highest BCUT2D eigenvalue weighted by atomic mass is 35.5. The molecule has 24 heavy (non-hydrogen) atoms. The van der Waals surface area contributed by atoms with Crippen LogP contribution in [0.3, 0.4) is 0 Å². The molecule has 2 aromatic rings. The van der Waals surface area contributed by atoms with Crippen LogP contribution in [-0.4, -0.2) is 24.0 Å². The first-order chi connectivity index (χ1) is 11.7. The van der Waals surface area contributed by atoms with Crippen molar-refractivity contribution in [1.29, 1.82) is 0 Å². The van der Waals surface area contributed by atoms with Crippen molar-refractivity contribution in [3.8, 4) is 5.75 Å². The van der Waals surface area contributed by atoms with Crippen LogP contribution in [0.4, 0.5) is 5.69 Å². The highest BCUT2D eigenvalue weighted by Gasteiger charge is 2.00. The van der Waals surface area contributed by atoms with E-state index in [1.807, 2.05) is 48.5 Å². The molecule has 2 rings (SSSR count). The summed E-state index contributed by atoms with van der Waals surface area (Å²) in [7, 11) is 0. The molecule has 0 spiro atoms. The van der Waals surface area contributed by atoms with Gasteiger partial charge < -0.3 is 15.4 Å². The van der Waals surface area contributed by atoms with E-state index in [2.05, 4.69) is 17.2 Å². The molecule has 0 unspecified atom stereocenters. The average Bonchev–Trinajstić information content (AvgIpc) is 2.59. The fourth-order valence-electron chi connectivity index (χ4n) is 1.86. The van der Waals surface area contributed by atoms with E-state index in [-0.39, 0.29) is 0 Å². The minimum Gasteiger partial charge on any atom is -0.489 e. The number of hydrogen-bond acceptors (Lipinski definition) is 3. The molecule has 0 aromatic heterocycles. The van der Waals surface area contributed by atoms with E-state index in [9.17, 15) is 0 Å². The summed E-state index contributed by atoms with van der Waals surface area (Å²) in [5, 5.41) is 7.69. The third kappa shape index (κ3) is 6.83. The van der Waals surface area contributed by atoms with Crippen molar-refractivity contribution in [1.82, 2.24) is 5.32 Å². The Labute approximate surface area is 157 Å². The molecule has 2 N–H and O–H groups in total. The summed E-state index contributed by atoms with van der Waals surface area (Å²) in [6, 6.07) is 15.5. The lowest BCUT2D eigenvalue weighted by Crippen LogP contribution is -2.30. The van der Waals surface area contributed by atoms with Gasteiger partial charge in [0, 0.05) is 34.0 Å². The van der Waals surface area contributed by atoms with E-state index >= 15 is 0 Å². The van der Waals surface area contributed by atoms with Gasteiger partial charge in [-0.2, -0.15) is 0 Å². The van der Waals surface area contributed by atoms with Crippen molar-refractivity contribution < 1.29 is 4.74 Å². The van der Waals surface area contributed by atoms with E-state index in [1.165, 1.54) is 4.90 Å². The first kappa shape index (κ1) is 18.6. The third-order valence-electron chi connectivity index (χ3n) is 2.93. The summed E-state index contributed by atoms with van der Waals surface area (Å²) in [6.07, 6.45) is 1.71. The maximum Gasteiger partial charge on any atom is 0.170 e. The maximum atomic E-state index is 5.87. The van der Waals surface area contributed by atoms with Gasteiger partial charge in [0.2, 0.25) is 0 Å². The molecule has 0 aliphatic rings. The lowest BCUT2D eigenvalue weighted by Gasteiger charge is -2.11. The SMILES string of the molecule is C=CCOc1cccc(NC(=S)NCCSc2ccc(Cl)cc2)c1. The number of thiocarbonyl (C=S) groups is 1. The molecule has 0 saturated carbocycles. The Morgan fingerprint density at radius 1 is 1.25 bits per heavy atom. The largest absolute Gasteiger partial charge is 0.489 e. The first-order valence-electron chi connectivity index (χ1n) is 7.44. The number of halogens is 1. The molecule has 126 valence electrons. The zero-order valence-electron chi connectivity index (χ0n) is 13.1. The third-order valence-corrected chi connectivity index (χ3v) is 4.44. The Hall–Kier alpha value is -1.69. The summed E-state index contributed by atoms with van der Waals surface area (Å²) in [5.74, 6) is 1.69. The van der Waals surface area contributed by atoms with Gasteiger partial charge in [-0.3, -0.25) is 0 Å². The zero-order chi connectivity index (χ0) is 17.2. The van der Waals surface area contributed by atoms with Gasteiger partial charge in [-0.25, -0.2) is 0 Å². The van der Waals surface area contributed by atoms with Crippen molar-refractivity contribution in [2.24, 2.45) is 0 Å². The molecule has 3 nitrogen and oxygen atoms in total. The number of rotatable bonds is 8. The van der Waals surface area contributed by atoms with Crippen LogP contribution in [0.2, 0.25) is 5.02 Å². The van der Waals surface area contributed by atoms with Crippen LogP contribution in [0.5, 0.6) is 5.75 Å². The summed E-state index contributed by atoms with van der Waals surface area (Å²) in [4.78, 5) is 1.19. The summed E-state index contributed by atoms with van der Waals surface area (Å²) in [5.41, 5.74) is 0.888. The van der Waals surface area contributed by atoms with Crippen molar-refractivity contribution >= 4 is 46.4 Å². The summed E-state index contributed by atoms with van der Waals surface area (Å²) >= 11 is 12.9. The molecule has 0 saturated heterocycles. The number of ether oxygens (including phenoxy) is 1. The van der Waals surface area contributed by atoms with E-state index in [0.717, 1.165) is 28.8 Å². The zero-order valence-corrected chi connectivity index (χ0v) is 15.5. The topological polar surface area (TPSA) is 33.3 Å². The average molecular weight is 379 g/mol. The van der Waals surface area contributed by atoms with E-state index < -0.39 is 0 Å². The smallest absolute Gasteiger partial charge is 0.170 e. The molecule has 0 radical (unpaired) electrons. The van der Waals surface area contributed by atoms with Gasteiger partial charge in [0.15, 0.2) is 5.11 Å². The highest BCUT2D eigenvalue weighted by Crippen LogP contribution is 2.20. The fraction of sp³-hybridized carbons (Fsp3) is 0.167. The minimum absolute atomic E-state index is 0.480. The predicted octanol–water partition coefficient (Wildman–Crippen LogP) is 4.98. The monoisotopic (exact) mass is 378 g/mol. The molecule has 2 aromatic carbocycles. The molecule has 0 aliphatic heterocycles. The van der Waals surface area contributed by atoms with Crippen LogP contribution in [0.25, 0.3) is 0 Å². The van der Waals surface area contributed by atoms with Gasteiger partial charge in [-0.15, -0.1) is 11.8 Å². The van der Waals surface area contributed by atoms with Gasteiger partial charge in [0.05, 0.1) is 0 Å². The van der Waals surface area contributed by atoms with Crippen LogP contribution >= 0.6 is 35.6 Å². The van der Waals surface area contributed by atoms with Crippen molar-refractivity contribution in [2.75, 3.05) is 24.2 Å². The quantitative estimate of drug-likeness (QED) is 0.293. The molecule has 0 fully saturated rings. The fourth-order valence-corrected chi connectivity index (χ4v) is 2.97. The van der Waals surface area contributed by atoms with Crippen molar-refractivity contribution in [2.45, 2.75) is 4.90 Å². The molecular formula is C18H19ClN2OS2. The molecule has 0 amide bonds. The number of anilines is 1. The second-order valence-corrected chi connectivity index (χ2v) is 6.82. The molecule has 0 heterocycles. The van der Waals surface area contributed by atoms with Crippen LogP contribution < -0.4 is 15.4 Å². The standard InChI is InChI=1S/C18H19ClN2OS2/c1-2-11-22-16-5-3-4-15(13-16)21-18(23)20-10-12-24-17-8-6-14(19)7-9-17/h2-9,13H,1,10-12H2,(H2,20,21,23). The molecule has 0 atom stereocenters. The Morgan fingerprint density at radius 3 is 2.79 bits per heavy atom. The Balaban J connectivity index is 1.71. The molecular weight excluding hydrogens is 360 g/mol.